The molecular formula is C24H31N5O3. The summed E-state index contributed by atoms with van der Waals surface area (Å²) in [6.45, 7) is 5.40. The van der Waals surface area contributed by atoms with Crippen molar-refractivity contribution in [1.82, 2.24) is 25.0 Å². The van der Waals surface area contributed by atoms with E-state index in [-0.39, 0.29) is 12.5 Å². The molecule has 4 rings (SSSR count). The summed E-state index contributed by atoms with van der Waals surface area (Å²) >= 11 is 0. The molecule has 2 N–H and O–H groups in total. The number of pyridine rings is 1. The molecule has 1 amide bonds. The van der Waals surface area contributed by atoms with Gasteiger partial charge in [-0.25, -0.2) is 9.67 Å². The zero-order chi connectivity index (χ0) is 22.5. The van der Waals surface area contributed by atoms with Gasteiger partial charge in [-0.3, -0.25) is 9.69 Å². The van der Waals surface area contributed by atoms with E-state index in [2.05, 4.69) is 27.3 Å². The average Bonchev–Trinajstić information content (AvgIpc) is 3.18. The number of methoxy groups -OCH3 is 1. The van der Waals surface area contributed by atoms with Crippen LogP contribution >= 0.6 is 0 Å². The van der Waals surface area contributed by atoms with Gasteiger partial charge in [-0.2, -0.15) is 5.10 Å². The maximum atomic E-state index is 11.2. The number of carbonyl (C=O) groups is 1. The Labute approximate surface area is 188 Å². The maximum absolute atomic E-state index is 11.2. The largest absolute Gasteiger partial charge is 0.496 e. The van der Waals surface area contributed by atoms with Crippen LogP contribution in [0.3, 0.4) is 0 Å². The van der Waals surface area contributed by atoms with Gasteiger partial charge in [0.25, 0.3) is 0 Å². The van der Waals surface area contributed by atoms with Crippen molar-refractivity contribution in [2.24, 2.45) is 0 Å². The minimum Gasteiger partial charge on any atom is -0.496 e. The van der Waals surface area contributed by atoms with E-state index >= 15 is 0 Å². The quantitative estimate of drug-likeness (QED) is 0.562. The van der Waals surface area contributed by atoms with Crippen molar-refractivity contribution in [2.75, 3.05) is 26.7 Å². The summed E-state index contributed by atoms with van der Waals surface area (Å²) in [7, 11) is 1.62. The molecule has 32 heavy (non-hydrogen) atoms. The number of aromatic nitrogens is 3. The molecule has 1 atom stereocenters. The van der Waals surface area contributed by atoms with Gasteiger partial charge in [0.15, 0.2) is 5.65 Å². The Morgan fingerprint density at radius 3 is 3.00 bits per heavy atom. The van der Waals surface area contributed by atoms with Crippen LogP contribution in [0.15, 0.2) is 36.5 Å². The highest BCUT2D eigenvalue weighted by Crippen LogP contribution is 2.32. The molecular weight excluding hydrogens is 406 g/mol. The van der Waals surface area contributed by atoms with Crippen molar-refractivity contribution in [3.05, 3.63) is 53.3 Å². The molecule has 1 saturated heterocycles. The van der Waals surface area contributed by atoms with Crippen molar-refractivity contribution >= 4 is 16.9 Å². The molecule has 0 spiro atoms. The second kappa shape index (κ2) is 10.1. The van der Waals surface area contributed by atoms with Gasteiger partial charge in [0.05, 0.1) is 26.0 Å². The van der Waals surface area contributed by atoms with Gasteiger partial charge in [-0.15, -0.1) is 0 Å². The molecule has 0 unspecified atom stereocenters. The van der Waals surface area contributed by atoms with Crippen LogP contribution in [-0.2, 0) is 24.5 Å². The first kappa shape index (κ1) is 22.2. The van der Waals surface area contributed by atoms with Crippen LogP contribution < -0.4 is 10.1 Å². The lowest BCUT2D eigenvalue weighted by Crippen LogP contribution is -2.34. The number of carbonyl (C=O) groups excluding carboxylic acids is 1. The summed E-state index contributed by atoms with van der Waals surface area (Å²) < 4.78 is 7.24. The lowest BCUT2D eigenvalue weighted by Gasteiger charge is -2.32. The lowest BCUT2D eigenvalue weighted by molar-refractivity contribution is -0.118. The Hall–Kier alpha value is -2.97. The number of likely N-dealkylation sites (tertiary alicyclic amines) is 1. The fourth-order valence-corrected chi connectivity index (χ4v) is 4.56. The molecule has 3 heterocycles. The van der Waals surface area contributed by atoms with Gasteiger partial charge in [0, 0.05) is 49.6 Å². The number of rotatable bonds is 8. The summed E-state index contributed by atoms with van der Waals surface area (Å²) in [6, 6.07) is 10.1. The van der Waals surface area contributed by atoms with Crippen LogP contribution in [0, 0.1) is 0 Å². The number of aliphatic hydroxyl groups excluding tert-OH is 1. The topological polar surface area (TPSA) is 92.5 Å². The van der Waals surface area contributed by atoms with Crippen LogP contribution in [0.25, 0.3) is 11.0 Å². The number of ether oxygens (including phenoxy) is 1. The number of nitrogens with zero attached hydrogens (tertiary/aromatic N) is 4. The SMILES string of the molecule is COc1ccc(CN2CCC[C@H](c3nn(CCNC(C)=O)c4ncccc34)C2)cc1CO. The van der Waals surface area contributed by atoms with Crippen molar-refractivity contribution in [3.63, 3.8) is 0 Å². The van der Waals surface area contributed by atoms with Gasteiger partial charge < -0.3 is 15.2 Å². The minimum absolute atomic E-state index is 0.0332. The fraction of sp³-hybridized carbons (Fsp3) is 0.458. The molecule has 8 nitrogen and oxygen atoms in total. The van der Waals surface area contributed by atoms with E-state index < -0.39 is 0 Å². The smallest absolute Gasteiger partial charge is 0.216 e. The van der Waals surface area contributed by atoms with E-state index in [1.807, 2.05) is 22.9 Å². The van der Waals surface area contributed by atoms with Gasteiger partial charge in [0.1, 0.15) is 5.75 Å². The van der Waals surface area contributed by atoms with E-state index in [0.717, 1.165) is 60.5 Å². The van der Waals surface area contributed by atoms with Crippen molar-refractivity contribution in [1.29, 1.82) is 0 Å². The number of hydrogen-bond acceptors (Lipinski definition) is 6. The maximum Gasteiger partial charge on any atom is 0.216 e. The monoisotopic (exact) mass is 437 g/mol. The summed E-state index contributed by atoms with van der Waals surface area (Å²) in [4.78, 5) is 18.2. The predicted molar refractivity (Wildman–Crippen MR) is 122 cm³/mol. The highest BCUT2D eigenvalue weighted by molar-refractivity contribution is 5.79. The second-order valence-corrected chi connectivity index (χ2v) is 8.34. The summed E-state index contributed by atoms with van der Waals surface area (Å²) in [5.74, 6) is 1.00. The normalized spacial score (nSPS) is 16.9. The third kappa shape index (κ3) is 4.92. The number of benzene rings is 1. The van der Waals surface area contributed by atoms with Crippen molar-refractivity contribution in [3.8, 4) is 5.75 Å². The highest BCUT2D eigenvalue weighted by Gasteiger charge is 2.26. The number of aliphatic hydroxyl groups is 1. The lowest BCUT2D eigenvalue weighted by atomic mass is 9.93. The molecule has 0 bridgehead atoms. The van der Waals surface area contributed by atoms with Gasteiger partial charge in [-0.05, 0) is 49.2 Å². The molecule has 1 fully saturated rings. The zero-order valence-electron chi connectivity index (χ0n) is 18.8. The van der Waals surface area contributed by atoms with Gasteiger partial charge in [-0.1, -0.05) is 6.07 Å². The third-order valence-electron chi connectivity index (χ3n) is 6.05. The van der Waals surface area contributed by atoms with Crippen LogP contribution in [0.2, 0.25) is 0 Å². The number of fused-ring (bicyclic) bond motifs is 1. The van der Waals surface area contributed by atoms with E-state index in [0.29, 0.717) is 19.0 Å². The molecule has 8 heteroatoms. The number of piperidine rings is 1. The zero-order valence-corrected chi connectivity index (χ0v) is 18.8. The first-order valence-corrected chi connectivity index (χ1v) is 11.1. The molecule has 3 aromatic rings. The second-order valence-electron chi connectivity index (χ2n) is 8.34. The van der Waals surface area contributed by atoms with E-state index in [1.54, 1.807) is 13.3 Å². The summed E-state index contributed by atoms with van der Waals surface area (Å²) in [5.41, 5.74) is 3.94. The Morgan fingerprint density at radius 2 is 2.22 bits per heavy atom. The van der Waals surface area contributed by atoms with E-state index in [1.165, 1.54) is 12.5 Å². The first-order valence-electron chi connectivity index (χ1n) is 11.1. The average molecular weight is 438 g/mol. The fourth-order valence-electron chi connectivity index (χ4n) is 4.56. The van der Waals surface area contributed by atoms with Crippen molar-refractivity contribution < 1.29 is 14.6 Å². The van der Waals surface area contributed by atoms with Gasteiger partial charge in [0.2, 0.25) is 5.91 Å². The third-order valence-corrected chi connectivity index (χ3v) is 6.05. The summed E-state index contributed by atoms with van der Waals surface area (Å²) in [6.07, 6.45) is 3.99. The minimum atomic E-state index is -0.0412. The predicted octanol–water partition coefficient (Wildman–Crippen LogP) is 2.45. The van der Waals surface area contributed by atoms with E-state index in [4.69, 9.17) is 9.84 Å². The highest BCUT2D eigenvalue weighted by atomic mass is 16.5. The Balaban J connectivity index is 1.51. The molecule has 1 aromatic carbocycles. The van der Waals surface area contributed by atoms with Crippen LogP contribution in [0.4, 0.5) is 0 Å². The first-order chi connectivity index (χ1) is 15.6. The molecule has 0 radical (unpaired) electrons. The molecule has 2 aromatic heterocycles. The van der Waals surface area contributed by atoms with Gasteiger partial charge >= 0.3 is 0 Å². The van der Waals surface area contributed by atoms with Crippen LogP contribution in [-0.4, -0.2) is 57.4 Å². The van der Waals surface area contributed by atoms with Crippen LogP contribution in [0.5, 0.6) is 5.75 Å². The Kier molecular flexibility index (Phi) is 7.02. The molecule has 0 aliphatic carbocycles. The Morgan fingerprint density at radius 1 is 1.34 bits per heavy atom. The number of amides is 1. The van der Waals surface area contributed by atoms with Crippen molar-refractivity contribution in [2.45, 2.75) is 45.4 Å². The number of nitrogens with one attached hydrogen (secondary N) is 1. The molecule has 170 valence electrons. The molecule has 0 saturated carbocycles. The Bertz CT molecular complexity index is 1080. The van der Waals surface area contributed by atoms with Crippen LogP contribution in [0.1, 0.15) is 42.5 Å². The standard InChI is InChI=1S/C24H31N5O3/c1-17(31)25-10-12-29-24-21(6-3-9-26-24)23(27-29)19-5-4-11-28(15-19)14-18-7-8-22(32-2)20(13-18)16-30/h3,6-9,13,19,30H,4-5,10-12,14-16H2,1-2H3,(H,25,31)/t19-/m0/s1. The molecule has 1 aliphatic rings. The molecule has 1 aliphatic heterocycles. The number of hydrogen-bond donors (Lipinski definition) is 2. The van der Waals surface area contributed by atoms with E-state index in [9.17, 15) is 9.90 Å². The summed E-state index contributed by atoms with van der Waals surface area (Å²) in [5, 5.41) is 18.5.